The van der Waals surface area contributed by atoms with Crippen LogP contribution in [0.5, 0.6) is 0 Å². The van der Waals surface area contributed by atoms with Crippen LogP contribution in [0.4, 0.5) is 0 Å². The first-order valence-electron chi connectivity index (χ1n) is 8.74. The molecule has 1 fully saturated rings. The molecule has 5 rings (SSSR count). The highest BCUT2D eigenvalue weighted by Crippen LogP contribution is 2.32. The molecule has 27 heavy (non-hydrogen) atoms. The van der Waals surface area contributed by atoms with Gasteiger partial charge in [0.25, 0.3) is 5.56 Å². The highest BCUT2D eigenvalue weighted by molar-refractivity contribution is 6.31. The van der Waals surface area contributed by atoms with Crippen LogP contribution >= 0.6 is 11.6 Å². The molecule has 4 aromatic rings. The minimum Gasteiger partial charge on any atom is -0.378 e. The zero-order valence-electron chi connectivity index (χ0n) is 14.8. The molecular weight excluding hydrogens is 368 g/mol. The molecule has 8 nitrogen and oxygen atoms in total. The van der Waals surface area contributed by atoms with Crippen molar-refractivity contribution in [2.75, 3.05) is 6.61 Å². The van der Waals surface area contributed by atoms with Crippen LogP contribution in [0.1, 0.15) is 25.0 Å². The fourth-order valence-corrected chi connectivity index (χ4v) is 4.09. The van der Waals surface area contributed by atoms with Crippen LogP contribution in [0.25, 0.3) is 22.4 Å². The van der Waals surface area contributed by atoms with Crippen molar-refractivity contribution in [2.45, 2.75) is 25.4 Å². The molecule has 0 spiro atoms. The normalized spacial score (nSPS) is 20.1. The van der Waals surface area contributed by atoms with E-state index in [9.17, 15) is 4.79 Å². The van der Waals surface area contributed by atoms with Crippen molar-refractivity contribution in [3.63, 3.8) is 0 Å². The Balaban J connectivity index is 1.80. The van der Waals surface area contributed by atoms with Crippen LogP contribution in [0.3, 0.4) is 0 Å². The van der Waals surface area contributed by atoms with Crippen LogP contribution in [-0.2, 0) is 11.8 Å². The minimum absolute atomic E-state index is 0.0860. The van der Waals surface area contributed by atoms with Gasteiger partial charge in [-0.05, 0) is 31.5 Å². The van der Waals surface area contributed by atoms with Crippen molar-refractivity contribution in [1.82, 2.24) is 28.9 Å². The van der Waals surface area contributed by atoms with Gasteiger partial charge < -0.3 is 4.74 Å². The van der Waals surface area contributed by atoms with Gasteiger partial charge >= 0.3 is 0 Å². The highest BCUT2D eigenvalue weighted by atomic mass is 35.5. The predicted molar refractivity (Wildman–Crippen MR) is 101 cm³/mol. The summed E-state index contributed by atoms with van der Waals surface area (Å²) < 4.78 is 10.9. The third kappa shape index (κ3) is 2.33. The van der Waals surface area contributed by atoms with E-state index in [4.69, 9.17) is 16.3 Å². The standard InChI is InChI=1S/C18H17ClN6O2/c1-10-12(5-6-27-10)15-8-21-22-25(15)16-17-23(2)18(26)13-7-11(19)3-4-14(13)24(17)9-20-16/h3-4,7-10,12H,5-6H2,1-2H3. The maximum Gasteiger partial charge on any atom is 0.261 e. The quantitative estimate of drug-likeness (QED) is 0.530. The zero-order chi connectivity index (χ0) is 18.7. The van der Waals surface area contributed by atoms with Gasteiger partial charge in [-0.3, -0.25) is 13.8 Å². The summed E-state index contributed by atoms with van der Waals surface area (Å²) in [5.41, 5.74) is 2.19. The SMILES string of the molecule is CC1OCCC1c1cnnn1-c1ncn2c3ccc(Cl)cc3c(=O)n(C)c12. The third-order valence-corrected chi connectivity index (χ3v) is 5.56. The van der Waals surface area contributed by atoms with E-state index in [-0.39, 0.29) is 17.6 Å². The summed E-state index contributed by atoms with van der Waals surface area (Å²) in [6.45, 7) is 2.76. The number of aryl methyl sites for hydroxylation is 1. The number of fused-ring (bicyclic) bond motifs is 3. The van der Waals surface area contributed by atoms with Gasteiger partial charge in [0.15, 0.2) is 11.5 Å². The first-order chi connectivity index (χ1) is 13.1. The Morgan fingerprint density at radius 1 is 1.33 bits per heavy atom. The van der Waals surface area contributed by atoms with Crippen LogP contribution in [0.15, 0.2) is 35.5 Å². The summed E-state index contributed by atoms with van der Waals surface area (Å²) >= 11 is 6.08. The van der Waals surface area contributed by atoms with Crippen molar-refractivity contribution in [2.24, 2.45) is 7.05 Å². The largest absolute Gasteiger partial charge is 0.378 e. The van der Waals surface area contributed by atoms with E-state index in [1.165, 1.54) is 0 Å². The summed E-state index contributed by atoms with van der Waals surface area (Å²) in [7, 11) is 1.72. The Morgan fingerprint density at radius 2 is 2.19 bits per heavy atom. The van der Waals surface area contributed by atoms with Crippen molar-refractivity contribution in [3.8, 4) is 5.82 Å². The molecule has 138 valence electrons. The molecule has 0 radical (unpaired) electrons. The van der Waals surface area contributed by atoms with Gasteiger partial charge in [0.1, 0.15) is 6.33 Å². The van der Waals surface area contributed by atoms with Gasteiger partial charge in [-0.1, -0.05) is 16.8 Å². The summed E-state index contributed by atoms with van der Waals surface area (Å²) in [5.74, 6) is 0.756. The predicted octanol–water partition coefficient (Wildman–Crippen LogP) is 2.31. The lowest BCUT2D eigenvalue weighted by atomic mass is 9.99. The van der Waals surface area contributed by atoms with Gasteiger partial charge in [0.05, 0.1) is 28.9 Å². The molecule has 4 heterocycles. The molecule has 2 atom stereocenters. The molecular formula is C18H17ClN6O2. The van der Waals surface area contributed by atoms with Gasteiger partial charge in [0.2, 0.25) is 0 Å². The van der Waals surface area contributed by atoms with Gasteiger partial charge in [-0.25, -0.2) is 4.98 Å². The van der Waals surface area contributed by atoms with Gasteiger partial charge in [-0.15, -0.1) is 5.10 Å². The molecule has 1 aromatic carbocycles. The molecule has 0 bridgehead atoms. The Kier molecular flexibility index (Phi) is 3.60. The van der Waals surface area contributed by atoms with Crippen LogP contribution in [0, 0.1) is 0 Å². The summed E-state index contributed by atoms with van der Waals surface area (Å²) in [5, 5.41) is 9.41. The van der Waals surface area contributed by atoms with Crippen LogP contribution in [-0.4, -0.2) is 41.7 Å². The first kappa shape index (κ1) is 16.5. The smallest absolute Gasteiger partial charge is 0.261 e. The molecule has 0 N–H and O–H groups in total. The topological polar surface area (TPSA) is 79.2 Å². The lowest BCUT2D eigenvalue weighted by Gasteiger charge is -2.15. The number of nitrogens with zero attached hydrogens (tertiary/aromatic N) is 6. The first-order valence-corrected chi connectivity index (χ1v) is 9.12. The average Bonchev–Trinajstić information content (AvgIpc) is 3.37. The summed E-state index contributed by atoms with van der Waals surface area (Å²) in [6, 6.07) is 5.27. The molecule has 1 aliphatic heterocycles. The molecule has 0 amide bonds. The van der Waals surface area contributed by atoms with Gasteiger partial charge in [-0.2, -0.15) is 4.68 Å². The van der Waals surface area contributed by atoms with E-state index in [2.05, 4.69) is 15.3 Å². The molecule has 9 heteroatoms. The average molecular weight is 385 g/mol. The fourth-order valence-electron chi connectivity index (χ4n) is 3.92. The minimum atomic E-state index is -0.138. The van der Waals surface area contributed by atoms with E-state index in [0.29, 0.717) is 28.5 Å². The molecule has 1 saturated heterocycles. The number of hydrogen-bond donors (Lipinski definition) is 0. The number of rotatable bonds is 2. The zero-order valence-corrected chi connectivity index (χ0v) is 15.6. The summed E-state index contributed by atoms with van der Waals surface area (Å²) in [6.07, 6.45) is 4.43. The lowest BCUT2D eigenvalue weighted by molar-refractivity contribution is 0.117. The number of aromatic nitrogens is 6. The van der Waals surface area contributed by atoms with Gasteiger partial charge in [0, 0.05) is 24.6 Å². The van der Waals surface area contributed by atoms with E-state index in [1.807, 2.05) is 17.4 Å². The Hall–Kier alpha value is -2.71. The van der Waals surface area contributed by atoms with Crippen LogP contribution in [0.2, 0.25) is 5.02 Å². The molecule has 3 aromatic heterocycles. The van der Waals surface area contributed by atoms with E-state index in [1.54, 1.807) is 41.0 Å². The highest BCUT2D eigenvalue weighted by Gasteiger charge is 2.30. The Labute approximate surface area is 158 Å². The number of hydrogen-bond acceptors (Lipinski definition) is 5. The monoisotopic (exact) mass is 384 g/mol. The molecule has 0 saturated carbocycles. The number of benzene rings is 1. The fraction of sp³-hybridized carbons (Fsp3) is 0.333. The van der Waals surface area contributed by atoms with E-state index < -0.39 is 0 Å². The van der Waals surface area contributed by atoms with Crippen molar-refractivity contribution < 1.29 is 4.74 Å². The van der Waals surface area contributed by atoms with Crippen molar-refractivity contribution >= 4 is 28.2 Å². The summed E-state index contributed by atoms with van der Waals surface area (Å²) in [4.78, 5) is 17.5. The number of ether oxygens (including phenoxy) is 1. The van der Waals surface area contributed by atoms with E-state index in [0.717, 1.165) is 17.6 Å². The molecule has 1 aliphatic rings. The molecule has 2 unspecified atom stereocenters. The Morgan fingerprint density at radius 3 is 2.96 bits per heavy atom. The second-order valence-corrected chi connectivity index (χ2v) is 7.27. The van der Waals surface area contributed by atoms with Crippen molar-refractivity contribution in [1.29, 1.82) is 0 Å². The van der Waals surface area contributed by atoms with Crippen LogP contribution < -0.4 is 5.56 Å². The van der Waals surface area contributed by atoms with Crippen molar-refractivity contribution in [3.05, 3.63) is 51.8 Å². The second kappa shape index (κ2) is 5.90. The third-order valence-electron chi connectivity index (χ3n) is 5.33. The Bertz CT molecular complexity index is 1240. The number of halogens is 1. The van der Waals surface area contributed by atoms with E-state index >= 15 is 0 Å². The molecule has 0 aliphatic carbocycles. The maximum absolute atomic E-state index is 12.9. The lowest BCUT2D eigenvalue weighted by Crippen LogP contribution is -2.21. The maximum atomic E-state index is 12.9. The number of imidazole rings is 1. The second-order valence-electron chi connectivity index (χ2n) is 6.83.